The number of hydrogen-bond acceptors (Lipinski definition) is 2. The van der Waals surface area contributed by atoms with Gasteiger partial charge in [-0.05, 0) is 56.2 Å². The number of rotatable bonds is 7. The van der Waals surface area contributed by atoms with Crippen LogP contribution in [0.2, 0.25) is 0 Å². The number of ether oxygens (including phenoxy) is 1. The van der Waals surface area contributed by atoms with Gasteiger partial charge in [-0.1, -0.05) is 31.2 Å². The van der Waals surface area contributed by atoms with Crippen LogP contribution in [0.15, 0.2) is 24.3 Å². The SMILES string of the molecule is CCNCC(CCC1CCCO1)c1ccccc1C. The topological polar surface area (TPSA) is 21.3 Å². The van der Waals surface area contributed by atoms with E-state index in [2.05, 4.69) is 43.4 Å². The summed E-state index contributed by atoms with van der Waals surface area (Å²) in [6.07, 6.45) is 5.43. The molecule has 2 unspecified atom stereocenters. The van der Waals surface area contributed by atoms with E-state index in [1.165, 1.54) is 36.8 Å². The minimum atomic E-state index is 0.508. The van der Waals surface area contributed by atoms with Gasteiger partial charge in [-0.3, -0.25) is 0 Å². The Balaban J connectivity index is 1.96. The second-order valence-corrected chi connectivity index (χ2v) is 5.57. The Bertz CT molecular complexity index is 371. The summed E-state index contributed by atoms with van der Waals surface area (Å²) < 4.78 is 5.75. The third kappa shape index (κ3) is 4.32. The Hall–Kier alpha value is -0.860. The van der Waals surface area contributed by atoms with Crippen LogP contribution in [0, 0.1) is 6.92 Å². The van der Waals surface area contributed by atoms with E-state index < -0.39 is 0 Å². The maximum absolute atomic E-state index is 5.75. The molecule has 0 aromatic heterocycles. The van der Waals surface area contributed by atoms with E-state index in [0.29, 0.717) is 12.0 Å². The highest BCUT2D eigenvalue weighted by molar-refractivity contribution is 5.29. The van der Waals surface area contributed by atoms with Crippen LogP contribution in [-0.4, -0.2) is 25.8 Å². The first kappa shape index (κ1) is 14.5. The molecule has 1 saturated heterocycles. The van der Waals surface area contributed by atoms with Gasteiger partial charge in [-0.2, -0.15) is 0 Å². The molecule has 2 rings (SSSR count). The van der Waals surface area contributed by atoms with Gasteiger partial charge in [0.2, 0.25) is 0 Å². The predicted molar refractivity (Wildman–Crippen MR) is 80.7 cm³/mol. The van der Waals surface area contributed by atoms with Crippen molar-refractivity contribution in [2.75, 3.05) is 19.7 Å². The van der Waals surface area contributed by atoms with Gasteiger partial charge in [0, 0.05) is 13.2 Å². The van der Waals surface area contributed by atoms with Gasteiger partial charge < -0.3 is 10.1 Å². The molecule has 1 fully saturated rings. The molecule has 1 heterocycles. The number of likely N-dealkylation sites (N-methyl/N-ethyl adjacent to an activating group) is 1. The molecule has 1 aromatic rings. The van der Waals surface area contributed by atoms with Crippen LogP contribution in [-0.2, 0) is 4.74 Å². The molecule has 1 N–H and O–H groups in total. The van der Waals surface area contributed by atoms with Crippen molar-refractivity contribution < 1.29 is 4.74 Å². The van der Waals surface area contributed by atoms with Crippen LogP contribution in [0.3, 0.4) is 0 Å². The highest BCUT2D eigenvalue weighted by Gasteiger charge is 2.19. The lowest BCUT2D eigenvalue weighted by molar-refractivity contribution is 0.101. The van der Waals surface area contributed by atoms with Crippen molar-refractivity contribution in [1.82, 2.24) is 5.32 Å². The van der Waals surface area contributed by atoms with Crippen LogP contribution < -0.4 is 5.32 Å². The van der Waals surface area contributed by atoms with Gasteiger partial charge in [0.15, 0.2) is 0 Å². The first-order chi connectivity index (χ1) is 9.31. The molecular formula is C17H27NO. The highest BCUT2D eigenvalue weighted by atomic mass is 16.5. The maximum atomic E-state index is 5.75. The summed E-state index contributed by atoms with van der Waals surface area (Å²) in [5, 5.41) is 3.51. The molecule has 0 aliphatic carbocycles. The van der Waals surface area contributed by atoms with Gasteiger partial charge >= 0.3 is 0 Å². The molecule has 0 radical (unpaired) electrons. The van der Waals surface area contributed by atoms with Crippen LogP contribution in [0.5, 0.6) is 0 Å². The smallest absolute Gasteiger partial charge is 0.0576 e. The quantitative estimate of drug-likeness (QED) is 0.809. The monoisotopic (exact) mass is 261 g/mol. The summed E-state index contributed by atoms with van der Waals surface area (Å²) >= 11 is 0. The van der Waals surface area contributed by atoms with E-state index in [9.17, 15) is 0 Å². The fourth-order valence-corrected chi connectivity index (χ4v) is 2.99. The van der Waals surface area contributed by atoms with E-state index in [-0.39, 0.29) is 0 Å². The second kappa shape index (κ2) is 7.66. The summed E-state index contributed by atoms with van der Waals surface area (Å²) in [5.74, 6) is 0.616. The normalized spacial score (nSPS) is 20.6. The molecule has 19 heavy (non-hydrogen) atoms. The Labute approximate surface area is 117 Å². The zero-order chi connectivity index (χ0) is 13.5. The third-order valence-corrected chi connectivity index (χ3v) is 4.13. The molecule has 0 spiro atoms. The summed E-state index contributed by atoms with van der Waals surface area (Å²) in [5.41, 5.74) is 2.92. The standard InChI is InChI=1S/C17H27NO/c1-3-18-13-15(10-11-16-8-6-12-19-16)17-9-5-4-7-14(17)2/h4-5,7,9,15-16,18H,3,6,8,10-13H2,1-2H3. The number of aryl methyl sites for hydroxylation is 1. The number of hydrogen-bond donors (Lipinski definition) is 1. The van der Waals surface area contributed by atoms with Gasteiger partial charge in [0.25, 0.3) is 0 Å². The molecule has 2 atom stereocenters. The molecule has 0 amide bonds. The zero-order valence-corrected chi connectivity index (χ0v) is 12.3. The van der Waals surface area contributed by atoms with E-state index in [4.69, 9.17) is 4.74 Å². The summed E-state index contributed by atoms with van der Waals surface area (Å²) in [6.45, 7) is 7.48. The summed E-state index contributed by atoms with van der Waals surface area (Å²) in [6, 6.07) is 8.80. The van der Waals surface area contributed by atoms with Crippen LogP contribution in [0.25, 0.3) is 0 Å². The maximum Gasteiger partial charge on any atom is 0.0576 e. The molecular weight excluding hydrogens is 234 g/mol. The number of nitrogens with one attached hydrogen (secondary N) is 1. The summed E-state index contributed by atoms with van der Waals surface area (Å²) in [4.78, 5) is 0. The van der Waals surface area contributed by atoms with Crippen molar-refractivity contribution in [3.8, 4) is 0 Å². The van der Waals surface area contributed by atoms with Gasteiger partial charge in [0.05, 0.1) is 6.10 Å². The fourth-order valence-electron chi connectivity index (χ4n) is 2.99. The average molecular weight is 261 g/mol. The summed E-state index contributed by atoms with van der Waals surface area (Å²) in [7, 11) is 0. The molecule has 1 aliphatic rings. The van der Waals surface area contributed by atoms with Crippen molar-refractivity contribution in [1.29, 1.82) is 0 Å². The largest absolute Gasteiger partial charge is 0.378 e. The molecule has 106 valence electrons. The third-order valence-electron chi connectivity index (χ3n) is 4.13. The molecule has 1 aromatic carbocycles. The molecule has 1 aliphatic heterocycles. The van der Waals surface area contributed by atoms with Crippen LogP contribution in [0.1, 0.15) is 49.7 Å². The molecule has 0 saturated carbocycles. The first-order valence-electron chi connectivity index (χ1n) is 7.69. The van der Waals surface area contributed by atoms with E-state index in [0.717, 1.165) is 19.7 Å². The van der Waals surface area contributed by atoms with Crippen molar-refractivity contribution in [2.24, 2.45) is 0 Å². The highest BCUT2D eigenvalue weighted by Crippen LogP contribution is 2.27. The molecule has 2 nitrogen and oxygen atoms in total. The van der Waals surface area contributed by atoms with Gasteiger partial charge in [0.1, 0.15) is 0 Å². The van der Waals surface area contributed by atoms with E-state index in [1.807, 2.05) is 0 Å². The first-order valence-corrected chi connectivity index (χ1v) is 7.69. The fraction of sp³-hybridized carbons (Fsp3) is 0.647. The van der Waals surface area contributed by atoms with Crippen molar-refractivity contribution >= 4 is 0 Å². The average Bonchev–Trinajstić information content (AvgIpc) is 2.93. The lowest BCUT2D eigenvalue weighted by Crippen LogP contribution is -2.22. The number of benzene rings is 1. The Morgan fingerprint density at radius 3 is 2.89 bits per heavy atom. The van der Waals surface area contributed by atoms with Crippen LogP contribution in [0.4, 0.5) is 0 Å². The second-order valence-electron chi connectivity index (χ2n) is 5.57. The lowest BCUT2D eigenvalue weighted by Gasteiger charge is -2.21. The zero-order valence-electron chi connectivity index (χ0n) is 12.3. The minimum Gasteiger partial charge on any atom is -0.378 e. The van der Waals surface area contributed by atoms with E-state index >= 15 is 0 Å². The molecule has 0 bridgehead atoms. The predicted octanol–water partition coefficient (Wildman–Crippen LogP) is 3.65. The molecule has 2 heteroatoms. The van der Waals surface area contributed by atoms with Gasteiger partial charge in [-0.15, -0.1) is 0 Å². The minimum absolute atomic E-state index is 0.508. The Morgan fingerprint density at radius 2 is 2.21 bits per heavy atom. The van der Waals surface area contributed by atoms with Crippen molar-refractivity contribution in [3.05, 3.63) is 35.4 Å². The van der Waals surface area contributed by atoms with Crippen LogP contribution >= 0.6 is 0 Å². The van der Waals surface area contributed by atoms with E-state index in [1.54, 1.807) is 0 Å². The lowest BCUT2D eigenvalue weighted by atomic mass is 9.89. The van der Waals surface area contributed by atoms with Gasteiger partial charge in [-0.25, -0.2) is 0 Å². The Morgan fingerprint density at radius 1 is 1.37 bits per heavy atom. The van der Waals surface area contributed by atoms with Crippen molar-refractivity contribution in [2.45, 2.75) is 51.6 Å². The van der Waals surface area contributed by atoms with Crippen molar-refractivity contribution in [3.63, 3.8) is 0 Å². The Kier molecular flexibility index (Phi) is 5.87.